The third-order valence-corrected chi connectivity index (χ3v) is 4.32. The summed E-state index contributed by atoms with van der Waals surface area (Å²) in [7, 11) is 0. The maximum atomic E-state index is 11.2. The monoisotopic (exact) mass is 396 g/mol. The van der Waals surface area contributed by atoms with Crippen molar-refractivity contribution in [2.24, 2.45) is 16.6 Å². The first-order chi connectivity index (χ1) is 13.9. The molecule has 29 heavy (non-hydrogen) atoms. The molecule has 1 atom stereocenters. The number of guanidine groups is 1. The average Bonchev–Trinajstić information content (AvgIpc) is 2.71. The summed E-state index contributed by atoms with van der Waals surface area (Å²) in [6.07, 6.45) is 0. The second-order valence-corrected chi connectivity index (χ2v) is 7.40. The third-order valence-electron chi connectivity index (χ3n) is 4.32. The molecular weight excluding hydrogens is 364 g/mol. The summed E-state index contributed by atoms with van der Waals surface area (Å²) in [6.45, 7) is 10.4. The van der Waals surface area contributed by atoms with Gasteiger partial charge in [-0.15, -0.1) is 0 Å². The molecule has 6 heteroatoms. The zero-order valence-electron chi connectivity index (χ0n) is 17.7. The summed E-state index contributed by atoms with van der Waals surface area (Å²) in [5.74, 6) is 1.69. The van der Waals surface area contributed by atoms with Crippen LogP contribution in [0.1, 0.15) is 55.2 Å². The molecule has 0 aromatic heterocycles. The minimum atomic E-state index is -0.426. The summed E-state index contributed by atoms with van der Waals surface area (Å²) in [4.78, 5) is 15.8. The molecule has 0 saturated carbocycles. The molecule has 2 aromatic carbocycles. The Hall–Kier alpha value is -3.02. The minimum absolute atomic E-state index is 0.0872. The molecule has 4 N–H and O–H groups in total. The lowest BCUT2D eigenvalue weighted by Gasteiger charge is -2.19. The van der Waals surface area contributed by atoms with Crippen LogP contribution in [-0.2, 0) is 6.54 Å². The SMILES string of the molecule is CCNC(=NCc1ccc(C(N)=O)cc1)NC(C)c1ccc(OCC(C)C)cc1. The van der Waals surface area contributed by atoms with Crippen molar-refractivity contribution in [2.45, 2.75) is 40.3 Å². The van der Waals surface area contributed by atoms with Crippen molar-refractivity contribution in [2.75, 3.05) is 13.2 Å². The van der Waals surface area contributed by atoms with Crippen molar-refractivity contribution in [3.8, 4) is 5.75 Å². The fraction of sp³-hybridized carbons (Fsp3) is 0.391. The highest BCUT2D eigenvalue weighted by Crippen LogP contribution is 2.18. The second-order valence-electron chi connectivity index (χ2n) is 7.40. The van der Waals surface area contributed by atoms with Crippen LogP contribution in [0.15, 0.2) is 53.5 Å². The molecule has 0 aliphatic heterocycles. The Balaban J connectivity index is 1.99. The van der Waals surface area contributed by atoms with Crippen molar-refractivity contribution in [1.82, 2.24) is 10.6 Å². The third kappa shape index (κ3) is 7.49. The van der Waals surface area contributed by atoms with Crippen LogP contribution in [0.4, 0.5) is 0 Å². The summed E-state index contributed by atoms with van der Waals surface area (Å²) in [5, 5.41) is 6.70. The highest BCUT2D eigenvalue weighted by atomic mass is 16.5. The molecule has 0 radical (unpaired) electrons. The number of hydrogen-bond acceptors (Lipinski definition) is 3. The molecule has 0 saturated heterocycles. The molecule has 0 fully saturated rings. The number of primary amides is 1. The summed E-state index contributed by atoms with van der Waals surface area (Å²) >= 11 is 0. The van der Waals surface area contributed by atoms with Gasteiger partial charge in [0.25, 0.3) is 0 Å². The lowest BCUT2D eigenvalue weighted by atomic mass is 10.1. The van der Waals surface area contributed by atoms with Gasteiger partial charge in [-0.1, -0.05) is 38.1 Å². The summed E-state index contributed by atoms with van der Waals surface area (Å²) in [6, 6.07) is 15.4. The smallest absolute Gasteiger partial charge is 0.248 e. The normalized spacial score (nSPS) is 12.5. The molecule has 2 aromatic rings. The van der Waals surface area contributed by atoms with E-state index >= 15 is 0 Å². The van der Waals surface area contributed by atoms with E-state index in [9.17, 15) is 4.79 Å². The maximum Gasteiger partial charge on any atom is 0.248 e. The van der Waals surface area contributed by atoms with Gasteiger partial charge in [0.1, 0.15) is 5.75 Å². The van der Waals surface area contributed by atoms with E-state index in [0.717, 1.165) is 29.4 Å². The van der Waals surface area contributed by atoms with E-state index in [0.29, 0.717) is 24.6 Å². The molecule has 156 valence electrons. The Bertz CT molecular complexity index is 799. The summed E-state index contributed by atoms with van der Waals surface area (Å²) < 4.78 is 5.75. The van der Waals surface area contributed by atoms with Crippen LogP contribution >= 0.6 is 0 Å². The van der Waals surface area contributed by atoms with Crippen LogP contribution in [0.25, 0.3) is 0 Å². The highest BCUT2D eigenvalue weighted by Gasteiger charge is 2.08. The first-order valence-electron chi connectivity index (χ1n) is 10.1. The van der Waals surface area contributed by atoms with Gasteiger partial charge in [0.15, 0.2) is 5.96 Å². The molecular formula is C23H32N4O2. The molecule has 0 spiro atoms. The Kier molecular flexibility index (Phi) is 8.52. The maximum absolute atomic E-state index is 11.2. The van der Waals surface area contributed by atoms with E-state index in [-0.39, 0.29) is 6.04 Å². The zero-order chi connectivity index (χ0) is 21.2. The van der Waals surface area contributed by atoms with Crippen molar-refractivity contribution >= 4 is 11.9 Å². The van der Waals surface area contributed by atoms with E-state index in [1.54, 1.807) is 12.1 Å². The number of carbonyl (C=O) groups is 1. The topological polar surface area (TPSA) is 88.7 Å². The largest absolute Gasteiger partial charge is 0.493 e. The predicted octanol–water partition coefficient (Wildman–Crippen LogP) is 3.64. The lowest BCUT2D eigenvalue weighted by molar-refractivity contribution is 0.100. The number of amides is 1. The number of rotatable bonds is 9. The number of hydrogen-bond donors (Lipinski definition) is 3. The molecule has 2 rings (SSSR count). The molecule has 6 nitrogen and oxygen atoms in total. The van der Waals surface area contributed by atoms with E-state index in [2.05, 4.69) is 48.5 Å². The average molecular weight is 397 g/mol. The van der Waals surface area contributed by atoms with Crippen molar-refractivity contribution < 1.29 is 9.53 Å². The van der Waals surface area contributed by atoms with Crippen molar-refractivity contribution in [1.29, 1.82) is 0 Å². The van der Waals surface area contributed by atoms with Gasteiger partial charge >= 0.3 is 0 Å². The molecule has 1 unspecified atom stereocenters. The number of nitrogens with zero attached hydrogens (tertiary/aromatic N) is 1. The Morgan fingerprint density at radius 1 is 1.07 bits per heavy atom. The van der Waals surface area contributed by atoms with Crippen molar-refractivity contribution in [3.05, 3.63) is 65.2 Å². The molecule has 0 heterocycles. The number of ether oxygens (including phenoxy) is 1. The van der Waals surface area contributed by atoms with Crippen LogP contribution in [0.5, 0.6) is 5.75 Å². The highest BCUT2D eigenvalue weighted by molar-refractivity contribution is 5.92. The number of nitrogens with two attached hydrogens (primary N) is 1. The number of benzene rings is 2. The molecule has 1 amide bonds. The van der Waals surface area contributed by atoms with Gasteiger partial charge in [0.2, 0.25) is 5.91 Å². The van der Waals surface area contributed by atoms with Gasteiger partial charge in [0, 0.05) is 12.1 Å². The van der Waals surface area contributed by atoms with Gasteiger partial charge < -0.3 is 21.1 Å². The van der Waals surface area contributed by atoms with E-state index in [4.69, 9.17) is 10.5 Å². The van der Waals surface area contributed by atoms with Gasteiger partial charge in [-0.25, -0.2) is 4.99 Å². The lowest BCUT2D eigenvalue weighted by Crippen LogP contribution is -2.38. The Labute approximate surface area is 173 Å². The second kappa shape index (κ2) is 11.1. The van der Waals surface area contributed by atoms with Crippen LogP contribution < -0.4 is 21.1 Å². The van der Waals surface area contributed by atoms with E-state index < -0.39 is 5.91 Å². The van der Waals surface area contributed by atoms with Crippen LogP contribution in [0.3, 0.4) is 0 Å². The van der Waals surface area contributed by atoms with Crippen molar-refractivity contribution in [3.63, 3.8) is 0 Å². The van der Waals surface area contributed by atoms with Gasteiger partial charge in [-0.05, 0) is 55.2 Å². The quantitative estimate of drug-likeness (QED) is 0.446. The van der Waals surface area contributed by atoms with E-state index in [1.165, 1.54) is 0 Å². The number of carbonyl (C=O) groups excluding carboxylic acids is 1. The fourth-order valence-corrected chi connectivity index (χ4v) is 2.67. The summed E-state index contributed by atoms with van der Waals surface area (Å²) in [5.41, 5.74) is 7.94. The molecule has 0 aliphatic rings. The standard InChI is InChI=1S/C23H32N4O2/c1-5-25-23(26-14-18-6-8-20(9-7-18)22(24)28)27-17(4)19-10-12-21(13-11-19)29-15-16(2)3/h6-13,16-17H,5,14-15H2,1-4H3,(H2,24,28)(H2,25,26,27). The number of nitrogens with one attached hydrogen (secondary N) is 2. The fourth-order valence-electron chi connectivity index (χ4n) is 2.67. The first kappa shape index (κ1) is 22.3. The van der Waals surface area contributed by atoms with Gasteiger partial charge in [-0.2, -0.15) is 0 Å². The molecule has 0 bridgehead atoms. The first-order valence-corrected chi connectivity index (χ1v) is 10.1. The van der Waals surface area contributed by atoms with Gasteiger partial charge in [-0.3, -0.25) is 4.79 Å². The zero-order valence-corrected chi connectivity index (χ0v) is 17.7. The Morgan fingerprint density at radius 3 is 2.28 bits per heavy atom. The number of aliphatic imine (C=N–C) groups is 1. The van der Waals surface area contributed by atoms with Gasteiger partial charge in [0.05, 0.1) is 19.2 Å². The molecule has 0 aliphatic carbocycles. The van der Waals surface area contributed by atoms with E-state index in [1.807, 2.05) is 31.2 Å². The Morgan fingerprint density at radius 2 is 1.72 bits per heavy atom. The predicted molar refractivity (Wildman–Crippen MR) is 118 cm³/mol. The van der Waals surface area contributed by atoms with Crippen LogP contribution in [0, 0.1) is 5.92 Å². The minimum Gasteiger partial charge on any atom is -0.493 e. The van der Waals surface area contributed by atoms with Crippen LogP contribution in [-0.4, -0.2) is 25.0 Å². The van der Waals surface area contributed by atoms with Crippen LogP contribution in [0.2, 0.25) is 0 Å².